The highest BCUT2D eigenvalue weighted by Crippen LogP contribution is 2.32. The van der Waals surface area contributed by atoms with E-state index in [9.17, 15) is 0 Å². The van der Waals surface area contributed by atoms with Crippen molar-refractivity contribution in [2.24, 2.45) is 7.05 Å². The van der Waals surface area contributed by atoms with Crippen LogP contribution in [0.1, 0.15) is 24.3 Å². The molecule has 2 unspecified atom stereocenters. The molecule has 1 aliphatic rings. The quantitative estimate of drug-likeness (QED) is 0.834. The zero-order valence-electron chi connectivity index (χ0n) is 11.2. The van der Waals surface area contributed by atoms with Gasteiger partial charge in [-0.2, -0.15) is 0 Å². The Morgan fingerprint density at radius 2 is 2.11 bits per heavy atom. The number of benzene rings is 1. The average Bonchev–Trinajstić information content (AvgIpc) is 2.64. The summed E-state index contributed by atoms with van der Waals surface area (Å²) in [5, 5.41) is 4.82. The summed E-state index contributed by atoms with van der Waals surface area (Å²) in [4.78, 5) is 0. The summed E-state index contributed by atoms with van der Waals surface area (Å²) < 4.78 is 8.26. The molecular formula is C15H20N2O. The fourth-order valence-corrected chi connectivity index (χ4v) is 2.83. The van der Waals surface area contributed by atoms with Gasteiger partial charge >= 0.3 is 0 Å². The maximum Gasteiger partial charge on any atom is 0.0973 e. The van der Waals surface area contributed by atoms with Gasteiger partial charge in [-0.15, -0.1) is 0 Å². The van der Waals surface area contributed by atoms with Gasteiger partial charge in [0.25, 0.3) is 0 Å². The molecule has 3 heteroatoms. The molecule has 1 N–H and O–H groups in total. The molecule has 0 amide bonds. The normalized spacial score (nSPS) is 24.6. The first-order valence-electron chi connectivity index (χ1n) is 6.57. The molecule has 3 nitrogen and oxygen atoms in total. The van der Waals surface area contributed by atoms with Crippen molar-refractivity contribution in [2.75, 3.05) is 13.2 Å². The Morgan fingerprint density at radius 1 is 1.33 bits per heavy atom. The van der Waals surface area contributed by atoms with Gasteiger partial charge in [0.15, 0.2) is 0 Å². The van der Waals surface area contributed by atoms with Crippen molar-refractivity contribution in [1.29, 1.82) is 0 Å². The predicted molar refractivity (Wildman–Crippen MR) is 73.8 cm³/mol. The molecule has 1 fully saturated rings. The van der Waals surface area contributed by atoms with E-state index < -0.39 is 0 Å². The molecule has 0 radical (unpaired) electrons. The van der Waals surface area contributed by atoms with E-state index in [1.165, 1.54) is 22.2 Å². The highest BCUT2D eigenvalue weighted by molar-refractivity contribution is 5.85. The van der Waals surface area contributed by atoms with E-state index in [4.69, 9.17) is 4.74 Å². The van der Waals surface area contributed by atoms with Gasteiger partial charge in [-0.25, -0.2) is 0 Å². The monoisotopic (exact) mass is 244 g/mol. The number of ether oxygens (including phenoxy) is 1. The van der Waals surface area contributed by atoms with Crippen LogP contribution in [0.25, 0.3) is 10.9 Å². The third-order valence-corrected chi connectivity index (χ3v) is 3.97. The fraction of sp³-hybridized carbons (Fsp3) is 0.467. The second-order valence-corrected chi connectivity index (χ2v) is 5.21. The van der Waals surface area contributed by atoms with Gasteiger partial charge in [0.2, 0.25) is 0 Å². The van der Waals surface area contributed by atoms with E-state index in [0.29, 0.717) is 6.04 Å². The van der Waals surface area contributed by atoms with Gasteiger partial charge in [0.1, 0.15) is 0 Å². The van der Waals surface area contributed by atoms with Gasteiger partial charge in [-0.1, -0.05) is 18.2 Å². The number of aromatic nitrogens is 1. The molecule has 1 saturated heterocycles. The molecule has 2 heterocycles. The molecule has 1 aromatic heterocycles. The second-order valence-electron chi connectivity index (χ2n) is 5.21. The Balaban J connectivity index is 2.08. The van der Waals surface area contributed by atoms with Crippen LogP contribution in [0, 0.1) is 6.92 Å². The minimum absolute atomic E-state index is 0.173. The second kappa shape index (κ2) is 4.41. The van der Waals surface area contributed by atoms with E-state index in [1.807, 2.05) is 0 Å². The highest BCUT2D eigenvalue weighted by atomic mass is 16.5. The van der Waals surface area contributed by atoms with Crippen LogP contribution in [0.5, 0.6) is 0 Å². The Hall–Kier alpha value is -1.32. The first kappa shape index (κ1) is 11.8. The lowest BCUT2D eigenvalue weighted by Gasteiger charge is -2.28. The SMILES string of the molecule is Cc1c(C2CNC(C)CO2)c2ccccc2n1C. The van der Waals surface area contributed by atoms with Crippen LogP contribution in [0.4, 0.5) is 0 Å². The number of morpholine rings is 1. The summed E-state index contributed by atoms with van der Waals surface area (Å²) in [5.41, 5.74) is 3.93. The molecule has 3 rings (SSSR count). The van der Waals surface area contributed by atoms with Crippen molar-refractivity contribution in [3.05, 3.63) is 35.5 Å². The first-order chi connectivity index (χ1) is 8.68. The van der Waals surface area contributed by atoms with Crippen molar-refractivity contribution in [3.63, 3.8) is 0 Å². The van der Waals surface area contributed by atoms with Crippen LogP contribution in [-0.4, -0.2) is 23.8 Å². The summed E-state index contributed by atoms with van der Waals surface area (Å²) >= 11 is 0. The summed E-state index contributed by atoms with van der Waals surface area (Å²) in [6.45, 7) is 6.02. The van der Waals surface area contributed by atoms with Crippen LogP contribution < -0.4 is 5.32 Å². The zero-order valence-corrected chi connectivity index (χ0v) is 11.2. The Morgan fingerprint density at radius 3 is 2.83 bits per heavy atom. The Labute approximate surface area is 108 Å². The smallest absolute Gasteiger partial charge is 0.0973 e. The number of fused-ring (bicyclic) bond motifs is 1. The van der Waals surface area contributed by atoms with Crippen LogP contribution in [-0.2, 0) is 11.8 Å². The van der Waals surface area contributed by atoms with E-state index in [2.05, 4.69) is 55.0 Å². The molecule has 0 spiro atoms. The van der Waals surface area contributed by atoms with E-state index in [1.54, 1.807) is 0 Å². The van der Waals surface area contributed by atoms with Crippen LogP contribution in [0.3, 0.4) is 0 Å². The maximum atomic E-state index is 6.00. The van der Waals surface area contributed by atoms with Gasteiger partial charge in [0, 0.05) is 41.8 Å². The average molecular weight is 244 g/mol. The number of rotatable bonds is 1. The molecule has 1 aliphatic heterocycles. The topological polar surface area (TPSA) is 26.2 Å². The molecular weight excluding hydrogens is 224 g/mol. The Kier molecular flexibility index (Phi) is 2.88. The predicted octanol–water partition coefficient (Wildman–Crippen LogP) is 2.54. The van der Waals surface area contributed by atoms with Crippen molar-refractivity contribution in [2.45, 2.75) is 26.0 Å². The molecule has 2 aromatic rings. The Bertz CT molecular complexity index is 565. The van der Waals surface area contributed by atoms with Crippen molar-refractivity contribution < 1.29 is 4.74 Å². The fourth-order valence-electron chi connectivity index (χ4n) is 2.83. The molecule has 0 aliphatic carbocycles. The summed E-state index contributed by atoms with van der Waals surface area (Å²) in [7, 11) is 2.13. The van der Waals surface area contributed by atoms with E-state index in [-0.39, 0.29) is 6.10 Å². The van der Waals surface area contributed by atoms with Crippen molar-refractivity contribution in [3.8, 4) is 0 Å². The van der Waals surface area contributed by atoms with Crippen molar-refractivity contribution in [1.82, 2.24) is 9.88 Å². The lowest BCUT2D eigenvalue weighted by atomic mass is 10.0. The molecule has 96 valence electrons. The summed E-state index contributed by atoms with van der Waals surface area (Å²) in [5.74, 6) is 0. The number of aryl methyl sites for hydroxylation is 1. The number of hydrogen-bond donors (Lipinski definition) is 1. The van der Waals surface area contributed by atoms with Crippen LogP contribution >= 0.6 is 0 Å². The molecule has 1 aromatic carbocycles. The van der Waals surface area contributed by atoms with Crippen LogP contribution in [0.15, 0.2) is 24.3 Å². The minimum Gasteiger partial charge on any atom is -0.370 e. The first-order valence-corrected chi connectivity index (χ1v) is 6.57. The molecule has 0 bridgehead atoms. The van der Waals surface area contributed by atoms with E-state index >= 15 is 0 Å². The number of nitrogens with one attached hydrogen (secondary N) is 1. The van der Waals surface area contributed by atoms with Gasteiger partial charge in [-0.3, -0.25) is 0 Å². The molecule has 18 heavy (non-hydrogen) atoms. The van der Waals surface area contributed by atoms with E-state index in [0.717, 1.165) is 13.2 Å². The van der Waals surface area contributed by atoms with Crippen molar-refractivity contribution >= 4 is 10.9 Å². The minimum atomic E-state index is 0.173. The molecule has 0 saturated carbocycles. The summed E-state index contributed by atoms with van der Waals surface area (Å²) in [6, 6.07) is 9.01. The summed E-state index contributed by atoms with van der Waals surface area (Å²) in [6.07, 6.45) is 0.173. The lowest BCUT2D eigenvalue weighted by Crippen LogP contribution is -2.40. The van der Waals surface area contributed by atoms with Crippen LogP contribution in [0.2, 0.25) is 0 Å². The number of nitrogens with zero attached hydrogens (tertiary/aromatic N) is 1. The largest absolute Gasteiger partial charge is 0.370 e. The highest BCUT2D eigenvalue weighted by Gasteiger charge is 2.25. The van der Waals surface area contributed by atoms with Gasteiger partial charge < -0.3 is 14.6 Å². The van der Waals surface area contributed by atoms with Gasteiger partial charge in [0.05, 0.1) is 12.7 Å². The number of hydrogen-bond acceptors (Lipinski definition) is 2. The lowest BCUT2D eigenvalue weighted by molar-refractivity contribution is 0.00734. The van der Waals surface area contributed by atoms with Gasteiger partial charge in [-0.05, 0) is 19.9 Å². The third-order valence-electron chi connectivity index (χ3n) is 3.97. The standard InChI is InChI=1S/C15H20N2O/c1-10-9-18-14(8-16-10)15-11(2)17(3)13-7-5-4-6-12(13)15/h4-7,10,14,16H,8-9H2,1-3H3. The third kappa shape index (κ3) is 1.74. The zero-order chi connectivity index (χ0) is 12.7. The number of para-hydroxylation sites is 1. The molecule has 2 atom stereocenters. The maximum absolute atomic E-state index is 6.00.